The lowest BCUT2D eigenvalue weighted by molar-refractivity contribution is -0.360. The smallest absolute Gasteiger partial charge is 0.338 e. The van der Waals surface area contributed by atoms with Crippen molar-refractivity contribution >= 4 is 35.8 Å². The first-order valence-corrected chi connectivity index (χ1v) is 21.7. The maximum Gasteiger partial charge on any atom is 0.338 e. The average Bonchev–Trinajstić information content (AvgIpc) is 3.36. The molecule has 0 amide bonds. The Balaban J connectivity index is 1.43. The summed E-state index contributed by atoms with van der Waals surface area (Å²) >= 11 is 0. The van der Waals surface area contributed by atoms with Gasteiger partial charge in [-0.1, -0.05) is 109 Å². The van der Waals surface area contributed by atoms with Gasteiger partial charge < -0.3 is 38.3 Å². The molecule has 1 N–H and O–H groups in total. The van der Waals surface area contributed by atoms with Crippen molar-refractivity contribution in [2.75, 3.05) is 0 Å². The first-order valence-electron chi connectivity index (χ1n) is 21.7. The molecule has 0 aromatic heterocycles. The number of ether oxygens (including phenoxy) is 7. The second-order valence-corrected chi connectivity index (χ2v) is 16.0. The summed E-state index contributed by atoms with van der Waals surface area (Å²) in [5, 5.41) is 13.7. The standard InChI is InChI=1S/C54H48O14/c1-34(64-50(57)40-16-8-4-9-17-40)46-47(65-51(58)41-18-10-5-11-19-41)48(66-52(59)42-20-12-6-13-21-42)49(67-53(60)43-22-14-7-15-23-43)54(61,68-46)45-31-39(33-63-36(3)56)28-29-44(45)30-37-24-26-38(27-25-37)32-62-35(2)55/h4-29,31,34,46-49,61H,30,32-33H2,1-3H3/t34-,46-,47-,48+,49-,54-/m1/s1. The molecule has 0 unspecified atom stereocenters. The Morgan fingerprint density at radius 1 is 0.529 bits per heavy atom. The van der Waals surface area contributed by atoms with Gasteiger partial charge in [-0.05, 0) is 90.2 Å². The number of carbonyl (C=O) groups is 6. The first kappa shape index (κ1) is 48.0. The zero-order chi connectivity index (χ0) is 48.2. The highest BCUT2D eigenvalue weighted by atomic mass is 16.7. The van der Waals surface area contributed by atoms with Crippen LogP contribution in [0.25, 0.3) is 0 Å². The maximum absolute atomic E-state index is 14.4. The minimum Gasteiger partial charge on any atom is -0.461 e. The van der Waals surface area contributed by atoms with Gasteiger partial charge in [0.25, 0.3) is 0 Å². The summed E-state index contributed by atoms with van der Waals surface area (Å²) in [5.41, 5.74) is 2.53. The molecule has 6 atom stereocenters. The van der Waals surface area contributed by atoms with Crippen LogP contribution in [0.3, 0.4) is 0 Å². The molecule has 6 aromatic rings. The van der Waals surface area contributed by atoms with Crippen molar-refractivity contribution in [3.63, 3.8) is 0 Å². The van der Waals surface area contributed by atoms with Crippen LogP contribution >= 0.6 is 0 Å². The van der Waals surface area contributed by atoms with Crippen molar-refractivity contribution in [1.29, 1.82) is 0 Å². The van der Waals surface area contributed by atoms with Gasteiger partial charge in [0.1, 0.15) is 25.4 Å². The van der Waals surface area contributed by atoms with Crippen molar-refractivity contribution in [3.8, 4) is 0 Å². The minimum atomic E-state index is -2.84. The van der Waals surface area contributed by atoms with Gasteiger partial charge in [0.2, 0.25) is 11.9 Å². The maximum atomic E-state index is 14.4. The molecule has 0 bridgehead atoms. The van der Waals surface area contributed by atoms with E-state index in [4.69, 9.17) is 33.2 Å². The molecule has 1 saturated heterocycles. The van der Waals surface area contributed by atoms with Crippen LogP contribution in [0.15, 0.2) is 164 Å². The third-order valence-electron chi connectivity index (χ3n) is 11.0. The van der Waals surface area contributed by atoms with Crippen molar-refractivity contribution < 1.29 is 67.0 Å². The van der Waals surface area contributed by atoms with E-state index < -0.39 is 72.1 Å². The van der Waals surface area contributed by atoms with Gasteiger partial charge in [-0.2, -0.15) is 0 Å². The summed E-state index contributed by atoms with van der Waals surface area (Å²) < 4.78 is 42.1. The molecule has 0 aliphatic carbocycles. The van der Waals surface area contributed by atoms with Crippen LogP contribution in [-0.4, -0.2) is 71.4 Å². The number of esters is 6. The fourth-order valence-corrected chi connectivity index (χ4v) is 7.62. The Hall–Kier alpha value is -7.94. The molecule has 0 spiro atoms. The van der Waals surface area contributed by atoms with E-state index in [1.807, 2.05) is 0 Å². The van der Waals surface area contributed by atoms with E-state index in [2.05, 4.69) is 0 Å². The van der Waals surface area contributed by atoms with Gasteiger partial charge in [-0.25, -0.2) is 19.2 Å². The van der Waals surface area contributed by atoms with E-state index in [-0.39, 0.29) is 47.5 Å². The molecule has 1 aliphatic rings. The Morgan fingerprint density at radius 3 is 1.43 bits per heavy atom. The van der Waals surface area contributed by atoms with Crippen molar-refractivity contribution in [3.05, 3.63) is 214 Å². The predicted molar refractivity (Wildman–Crippen MR) is 244 cm³/mol. The molecular weight excluding hydrogens is 873 g/mol. The lowest BCUT2D eigenvalue weighted by Gasteiger charge is -2.50. The van der Waals surface area contributed by atoms with Crippen molar-refractivity contribution in [1.82, 2.24) is 0 Å². The predicted octanol–water partition coefficient (Wildman–Crippen LogP) is 7.87. The number of benzene rings is 6. The lowest BCUT2D eigenvalue weighted by atomic mass is 9.82. The Kier molecular flexibility index (Phi) is 15.6. The van der Waals surface area contributed by atoms with E-state index in [9.17, 15) is 33.9 Å². The Morgan fingerprint density at radius 2 is 0.941 bits per heavy atom. The highest BCUT2D eigenvalue weighted by Crippen LogP contribution is 2.44. The van der Waals surface area contributed by atoms with E-state index in [1.54, 1.807) is 109 Å². The van der Waals surface area contributed by atoms with Crippen molar-refractivity contribution in [2.24, 2.45) is 0 Å². The number of aliphatic hydroxyl groups is 1. The molecule has 0 radical (unpaired) electrons. The van der Waals surface area contributed by atoms with E-state index in [1.165, 1.54) is 75.4 Å². The van der Waals surface area contributed by atoms with Crippen LogP contribution in [0.4, 0.5) is 0 Å². The van der Waals surface area contributed by atoms with Crippen LogP contribution in [0, 0.1) is 0 Å². The lowest BCUT2D eigenvalue weighted by Crippen LogP contribution is -2.68. The second kappa shape index (κ2) is 22.0. The van der Waals surface area contributed by atoms with Crippen molar-refractivity contribution in [2.45, 2.75) is 76.7 Å². The minimum absolute atomic E-state index is 0.0304. The van der Waals surface area contributed by atoms with Crippen LogP contribution < -0.4 is 0 Å². The quantitative estimate of drug-likeness (QED) is 0.0730. The first-order chi connectivity index (χ1) is 32.8. The SMILES string of the molecule is CC(=O)OCc1ccc(Cc2ccc(COC(C)=O)cc2[C@@]2(O)O[C@H]([C@@H](C)OC(=O)c3ccccc3)[C@@H](OC(=O)c3ccccc3)[C@H](OC(=O)c3ccccc3)[C@H]2OC(=O)c2ccccc2)cc1. The largest absolute Gasteiger partial charge is 0.461 e. The van der Waals surface area contributed by atoms with Crippen LogP contribution in [0.5, 0.6) is 0 Å². The third kappa shape index (κ3) is 11.9. The highest BCUT2D eigenvalue weighted by molar-refractivity contribution is 5.92. The zero-order valence-electron chi connectivity index (χ0n) is 37.4. The number of hydrogen-bond acceptors (Lipinski definition) is 14. The summed E-state index contributed by atoms with van der Waals surface area (Å²) in [7, 11) is 0. The van der Waals surface area contributed by atoms with Gasteiger partial charge in [0.15, 0.2) is 12.2 Å². The molecule has 1 heterocycles. The molecule has 14 heteroatoms. The van der Waals surface area contributed by atoms with E-state index >= 15 is 0 Å². The fourth-order valence-electron chi connectivity index (χ4n) is 7.62. The Bertz CT molecular complexity index is 2710. The van der Waals surface area contributed by atoms with Crippen LogP contribution in [0.2, 0.25) is 0 Å². The molecular formula is C54H48O14. The number of carbonyl (C=O) groups excluding carboxylic acids is 6. The summed E-state index contributed by atoms with van der Waals surface area (Å²) in [6.07, 6.45) is -8.63. The molecule has 68 heavy (non-hydrogen) atoms. The monoisotopic (exact) mass is 920 g/mol. The third-order valence-corrected chi connectivity index (χ3v) is 11.0. The van der Waals surface area contributed by atoms with Gasteiger partial charge in [-0.3, -0.25) is 9.59 Å². The molecule has 7 rings (SSSR count). The molecule has 348 valence electrons. The van der Waals surface area contributed by atoms with Gasteiger partial charge in [-0.15, -0.1) is 0 Å². The molecule has 1 aliphatic heterocycles. The topological polar surface area (TPSA) is 187 Å². The Labute approximate surface area is 392 Å². The van der Waals surface area contributed by atoms with Crippen LogP contribution in [-0.2, 0) is 68.2 Å². The molecule has 6 aromatic carbocycles. The molecule has 14 nitrogen and oxygen atoms in total. The van der Waals surface area contributed by atoms with Crippen LogP contribution in [0.1, 0.15) is 90.0 Å². The number of rotatable bonds is 16. The average molecular weight is 921 g/mol. The second-order valence-electron chi connectivity index (χ2n) is 16.0. The zero-order valence-corrected chi connectivity index (χ0v) is 37.4. The van der Waals surface area contributed by atoms with Gasteiger partial charge in [0.05, 0.1) is 22.3 Å². The summed E-state index contributed by atoms with van der Waals surface area (Å²) in [6.45, 7) is 3.79. The van der Waals surface area contributed by atoms with Gasteiger partial charge >= 0.3 is 35.8 Å². The fraction of sp³-hybridized carbons (Fsp3) is 0.222. The summed E-state index contributed by atoms with van der Waals surface area (Å²) in [4.78, 5) is 80.2. The normalized spacial score (nSPS) is 19.1. The summed E-state index contributed by atoms with van der Waals surface area (Å²) in [5.74, 6) is -7.50. The number of hydrogen-bond donors (Lipinski definition) is 1. The molecule has 0 saturated carbocycles. The van der Waals surface area contributed by atoms with Gasteiger partial charge in [0, 0.05) is 19.4 Å². The molecule has 1 fully saturated rings. The highest BCUT2D eigenvalue weighted by Gasteiger charge is 2.62. The summed E-state index contributed by atoms with van der Waals surface area (Å²) in [6, 6.07) is 43.7. The van der Waals surface area contributed by atoms with E-state index in [0.717, 1.165) is 0 Å². The van der Waals surface area contributed by atoms with E-state index in [0.29, 0.717) is 22.3 Å².